The summed E-state index contributed by atoms with van der Waals surface area (Å²) in [7, 11) is 0. The van der Waals surface area contributed by atoms with E-state index in [0.29, 0.717) is 14.8 Å². The molecular formula is C16H12IN3O5. The molecule has 0 aliphatic heterocycles. The van der Waals surface area contributed by atoms with Gasteiger partial charge in [0, 0.05) is 32.8 Å². The van der Waals surface area contributed by atoms with Crippen molar-refractivity contribution in [1.29, 1.82) is 0 Å². The van der Waals surface area contributed by atoms with Gasteiger partial charge < -0.3 is 15.9 Å². The lowest BCUT2D eigenvalue weighted by Crippen LogP contribution is -2.12. The highest BCUT2D eigenvalue weighted by atomic mass is 127. The van der Waals surface area contributed by atoms with E-state index in [-0.39, 0.29) is 16.9 Å². The summed E-state index contributed by atoms with van der Waals surface area (Å²) < 4.78 is 5.51. The Morgan fingerprint density at radius 1 is 1.12 bits per heavy atom. The number of anilines is 1. The number of benzene rings is 2. The van der Waals surface area contributed by atoms with E-state index < -0.39 is 10.8 Å². The number of non-ortho nitro benzene ring substituents is 1. The fraction of sp³-hybridized carbons (Fsp3) is 0. The van der Waals surface area contributed by atoms with Crippen LogP contribution in [-0.4, -0.2) is 10.8 Å². The minimum Gasteiger partial charge on any atom is -0.423 e. The second-order valence-electron chi connectivity index (χ2n) is 4.84. The average molecular weight is 453 g/mol. The van der Waals surface area contributed by atoms with Gasteiger partial charge in [0.15, 0.2) is 0 Å². The summed E-state index contributed by atoms with van der Waals surface area (Å²) in [6, 6.07) is 12.2. The van der Waals surface area contributed by atoms with Crippen LogP contribution in [0.2, 0.25) is 0 Å². The molecule has 0 radical (unpaired) electrons. The van der Waals surface area contributed by atoms with Gasteiger partial charge in [0.05, 0.1) is 10.5 Å². The SMILES string of the molecule is NC(=O)c1cc([N+](=O)[O-])ccc1I.Nc1ccc2oc(=O)ccc2c1. The lowest BCUT2D eigenvalue weighted by Gasteiger charge is -1.98. The molecule has 2 aromatic carbocycles. The fourth-order valence-corrected chi connectivity index (χ4v) is 2.51. The molecule has 0 unspecified atom stereocenters. The summed E-state index contributed by atoms with van der Waals surface area (Å²) in [4.78, 5) is 31.3. The van der Waals surface area contributed by atoms with Crippen molar-refractivity contribution in [1.82, 2.24) is 0 Å². The molecular weight excluding hydrogens is 441 g/mol. The Morgan fingerprint density at radius 2 is 1.84 bits per heavy atom. The molecule has 128 valence electrons. The van der Waals surface area contributed by atoms with Crippen LogP contribution < -0.4 is 17.1 Å². The molecule has 0 saturated carbocycles. The molecule has 0 atom stereocenters. The number of fused-ring (bicyclic) bond motifs is 1. The first-order valence-electron chi connectivity index (χ1n) is 6.81. The molecule has 3 rings (SSSR count). The molecule has 4 N–H and O–H groups in total. The molecule has 8 nitrogen and oxygen atoms in total. The van der Waals surface area contributed by atoms with Crippen LogP contribution in [0.5, 0.6) is 0 Å². The number of nitro groups is 1. The molecule has 0 bridgehead atoms. The van der Waals surface area contributed by atoms with Crippen LogP contribution in [0.1, 0.15) is 10.4 Å². The van der Waals surface area contributed by atoms with E-state index in [2.05, 4.69) is 0 Å². The summed E-state index contributed by atoms with van der Waals surface area (Å²) in [6.07, 6.45) is 0. The van der Waals surface area contributed by atoms with Crippen LogP contribution >= 0.6 is 22.6 Å². The number of nitrogens with zero attached hydrogens (tertiary/aromatic N) is 1. The van der Waals surface area contributed by atoms with Gasteiger partial charge in [-0.25, -0.2) is 4.79 Å². The zero-order valence-corrected chi connectivity index (χ0v) is 14.8. The lowest BCUT2D eigenvalue weighted by molar-refractivity contribution is -0.384. The van der Waals surface area contributed by atoms with E-state index in [1.807, 2.05) is 22.6 Å². The van der Waals surface area contributed by atoms with Gasteiger partial charge in [-0.3, -0.25) is 14.9 Å². The second kappa shape index (κ2) is 7.75. The van der Waals surface area contributed by atoms with E-state index in [4.69, 9.17) is 15.9 Å². The Balaban J connectivity index is 0.000000181. The summed E-state index contributed by atoms with van der Waals surface area (Å²) in [5.74, 6) is -0.659. The molecule has 9 heteroatoms. The Morgan fingerprint density at radius 3 is 2.48 bits per heavy atom. The van der Waals surface area contributed by atoms with Crippen LogP contribution in [0.15, 0.2) is 57.7 Å². The number of halogens is 1. The summed E-state index contributed by atoms with van der Waals surface area (Å²) >= 11 is 1.89. The number of hydrogen-bond acceptors (Lipinski definition) is 6. The molecule has 0 saturated heterocycles. The largest absolute Gasteiger partial charge is 0.423 e. The molecule has 0 aliphatic carbocycles. The Labute approximate surface area is 154 Å². The van der Waals surface area contributed by atoms with Crippen LogP contribution in [0, 0.1) is 13.7 Å². The maximum atomic E-state index is 10.8. The number of carbonyl (C=O) groups excluding carboxylic acids is 1. The Bertz CT molecular complexity index is 1020. The molecule has 0 spiro atoms. The second-order valence-corrected chi connectivity index (χ2v) is 6.00. The van der Waals surface area contributed by atoms with E-state index in [0.717, 1.165) is 5.39 Å². The van der Waals surface area contributed by atoms with E-state index in [1.54, 1.807) is 24.3 Å². The van der Waals surface area contributed by atoms with Crippen molar-refractivity contribution in [3.05, 3.63) is 78.2 Å². The summed E-state index contributed by atoms with van der Waals surface area (Å²) in [5, 5.41) is 11.2. The van der Waals surface area contributed by atoms with E-state index in [9.17, 15) is 19.7 Å². The standard InChI is InChI=1S/C9H7NO2.C7H5IN2O3/c10-7-2-3-8-6(5-7)1-4-9(11)12-8;8-6-2-1-4(10(12)13)3-5(6)7(9)11/h1-5H,10H2;1-3H,(H2,9,11). The quantitative estimate of drug-likeness (QED) is 0.201. The van der Waals surface area contributed by atoms with Gasteiger partial charge in [0.25, 0.3) is 5.69 Å². The molecule has 0 aliphatic rings. The number of amides is 1. The van der Waals surface area contributed by atoms with Crippen LogP contribution in [0.3, 0.4) is 0 Å². The number of carbonyl (C=O) groups is 1. The van der Waals surface area contributed by atoms with Crippen LogP contribution in [0.4, 0.5) is 11.4 Å². The lowest BCUT2D eigenvalue weighted by atomic mass is 10.2. The highest BCUT2D eigenvalue weighted by Gasteiger charge is 2.12. The topological polar surface area (TPSA) is 142 Å². The zero-order chi connectivity index (χ0) is 18.6. The molecule has 1 amide bonds. The van der Waals surface area contributed by atoms with Gasteiger partial charge in [0.1, 0.15) is 5.58 Å². The number of nitrogens with two attached hydrogens (primary N) is 2. The fourth-order valence-electron chi connectivity index (χ4n) is 1.91. The number of hydrogen-bond donors (Lipinski definition) is 2. The third kappa shape index (κ3) is 4.76. The van der Waals surface area contributed by atoms with Gasteiger partial charge in [0.2, 0.25) is 5.91 Å². The van der Waals surface area contributed by atoms with Crippen molar-refractivity contribution in [3.63, 3.8) is 0 Å². The first kappa shape index (κ1) is 18.4. The third-order valence-electron chi connectivity index (χ3n) is 3.07. The smallest absolute Gasteiger partial charge is 0.336 e. The minimum absolute atomic E-state index is 0.130. The van der Waals surface area contributed by atoms with Gasteiger partial charge in [-0.15, -0.1) is 0 Å². The summed E-state index contributed by atoms with van der Waals surface area (Å²) in [5.41, 5.74) is 11.5. The molecule has 3 aromatic rings. The average Bonchev–Trinajstić information content (AvgIpc) is 2.55. The minimum atomic E-state index is -0.659. The first-order chi connectivity index (χ1) is 11.8. The number of nitro benzene ring substituents is 1. The Kier molecular flexibility index (Phi) is 5.70. The molecule has 0 fully saturated rings. The van der Waals surface area contributed by atoms with E-state index in [1.165, 1.54) is 24.3 Å². The third-order valence-corrected chi connectivity index (χ3v) is 4.01. The number of primary amides is 1. The number of rotatable bonds is 2. The maximum Gasteiger partial charge on any atom is 0.336 e. The van der Waals surface area contributed by atoms with E-state index >= 15 is 0 Å². The first-order valence-corrected chi connectivity index (χ1v) is 7.89. The predicted molar refractivity (Wildman–Crippen MR) is 101 cm³/mol. The van der Waals surface area contributed by atoms with Gasteiger partial charge in [-0.1, -0.05) is 0 Å². The molecule has 1 heterocycles. The molecule has 1 aromatic heterocycles. The molecule has 25 heavy (non-hydrogen) atoms. The van der Waals surface area contributed by atoms with Crippen molar-refractivity contribution in [3.8, 4) is 0 Å². The maximum absolute atomic E-state index is 10.8. The predicted octanol–water partition coefficient (Wildman–Crippen LogP) is 2.67. The van der Waals surface area contributed by atoms with Crippen molar-refractivity contribution >= 4 is 50.8 Å². The van der Waals surface area contributed by atoms with Gasteiger partial charge in [-0.2, -0.15) is 0 Å². The highest BCUT2D eigenvalue weighted by molar-refractivity contribution is 14.1. The van der Waals surface area contributed by atoms with Crippen molar-refractivity contribution < 1.29 is 14.1 Å². The van der Waals surface area contributed by atoms with Gasteiger partial charge >= 0.3 is 5.63 Å². The van der Waals surface area contributed by atoms with Crippen molar-refractivity contribution in [2.24, 2.45) is 5.73 Å². The van der Waals surface area contributed by atoms with Gasteiger partial charge in [-0.05, 0) is 52.9 Å². The Hall–Kier alpha value is -2.95. The normalized spacial score (nSPS) is 9.96. The van der Waals surface area contributed by atoms with Crippen LogP contribution in [-0.2, 0) is 0 Å². The zero-order valence-electron chi connectivity index (χ0n) is 12.6. The van der Waals surface area contributed by atoms with Crippen molar-refractivity contribution in [2.45, 2.75) is 0 Å². The van der Waals surface area contributed by atoms with Crippen LogP contribution in [0.25, 0.3) is 11.0 Å². The number of nitrogen functional groups attached to an aromatic ring is 1. The highest BCUT2D eigenvalue weighted by Crippen LogP contribution is 2.18. The van der Waals surface area contributed by atoms with Crippen molar-refractivity contribution in [2.75, 3.05) is 5.73 Å². The monoisotopic (exact) mass is 453 g/mol. The summed E-state index contributed by atoms with van der Waals surface area (Å²) in [6.45, 7) is 0.